The van der Waals surface area contributed by atoms with Crippen LogP contribution in [0.25, 0.3) is 0 Å². The maximum absolute atomic E-state index is 11.6. The number of hydrogen-bond donors (Lipinski definition) is 1. The van der Waals surface area contributed by atoms with E-state index in [1.54, 1.807) is 18.2 Å². The highest BCUT2D eigenvalue weighted by Crippen LogP contribution is 2.23. The van der Waals surface area contributed by atoms with Gasteiger partial charge in [0.05, 0.1) is 5.02 Å². The van der Waals surface area contributed by atoms with Crippen LogP contribution in [0.1, 0.15) is 17.3 Å². The summed E-state index contributed by atoms with van der Waals surface area (Å²) in [4.78, 5) is 11.6. The minimum atomic E-state index is -0.152. The Kier molecular flexibility index (Phi) is 4.90. The molecule has 0 heterocycles. The van der Waals surface area contributed by atoms with Crippen molar-refractivity contribution in [2.75, 3.05) is 5.88 Å². The molecule has 0 fully saturated rings. The summed E-state index contributed by atoms with van der Waals surface area (Å²) in [5.74, 6) is 0.237. The maximum atomic E-state index is 11.6. The third-order valence-electron chi connectivity index (χ3n) is 1.79. The van der Waals surface area contributed by atoms with E-state index >= 15 is 0 Å². The molecule has 2 nitrogen and oxygen atoms in total. The average Bonchev–Trinajstić information content (AvgIpc) is 2.21. The van der Waals surface area contributed by atoms with Gasteiger partial charge in [-0.15, -0.1) is 11.6 Å². The van der Waals surface area contributed by atoms with E-state index < -0.39 is 0 Å². The lowest BCUT2D eigenvalue weighted by molar-refractivity contribution is 0.0943. The van der Waals surface area contributed by atoms with E-state index in [4.69, 9.17) is 23.2 Å². The van der Waals surface area contributed by atoms with Crippen LogP contribution in [-0.2, 0) is 0 Å². The first kappa shape index (κ1) is 12.8. The first-order valence-corrected chi connectivity index (χ1v) is 6.07. The van der Waals surface area contributed by atoms with Crippen LogP contribution in [0.3, 0.4) is 0 Å². The highest BCUT2D eigenvalue weighted by atomic mass is 79.9. The molecule has 0 spiro atoms. The molecule has 15 heavy (non-hydrogen) atoms. The molecular weight excluding hydrogens is 301 g/mol. The Labute approximate surface area is 107 Å². The first-order chi connectivity index (χ1) is 7.04. The van der Waals surface area contributed by atoms with Gasteiger partial charge in [0.2, 0.25) is 0 Å². The van der Waals surface area contributed by atoms with E-state index in [-0.39, 0.29) is 11.9 Å². The average molecular weight is 311 g/mol. The van der Waals surface area contributed by atoms with Crippen LogP contribution in [0.15, 0.2) is 22.7 Å². The number of rotatable bonds is 3. The lowest BCUT2D eigenvalue weighted by Crippen LogP contribution is -2.33. The number of halogens is 3. The van der Waals surface area contributed by atoms with Crippen molar-refractivity contribution >= 4 is 45.0 Å². The van der Waals surface area contributed by atoms with Gasteiger partial charge >= 0.3 is 0 Å². The standard InChI is InChI=1S/C10H10BrCl2NO/c1-6(5-12)14-10(15)7-2-3-9(13)8(11)4-7/h2-4,6H,5H2,1H3,(H,14,15). The molecule has 0 aliphatic rings. The van der Waals surface area contributed by atoms with Gasteiger partial charge < -0.3 is 5.32 Å². The van der Waals surface area contributed by atoms with E-state index in [1.807, 2.05) is 6.92 Å². The van der Waals surface area contributed by atoms with E-state index in [1.165, 1.54) is 0 Å². The second-order valence-corrected chi connectivity index (χ2v) is 4.73. The van der Waals surface area contributed by atoms with Crippen molar-refractivity contribution < 1.29 is 4.79 Å². The molecule has 5 heteroatoms. The first-order valence-electron chi connectivity index (χ1n) is 4.36. The number of amides is 1. The molecule has 0 bridgehead atoms. The minimum absolute atomic E-state index is 0.0476. The van der Waals surface area contributed by atoms with E-state index in [0.29, 0.717) is 20.9 Å². The normalized spacial score (nSPS) is 12.3. The number of carbonyl (C=O) groups is 1. The van der Waals surface area contributed by atoms with Gasteiger partial charge in [-0.05, 0) is 41.1 Å². The zero-order chi connectivity index (χ0) is 11.4. The molecule has 1 aromatic carbocycles. The number of carbonyl (C=O) groups excluding carboxylic acids is 1. The molecule has 82 valence electrons. The van der Waals surface area contributed by atoms with Gasteiger partial charge in [0.1, 0.15) is 0 Å². The lowest BCUT2D eigenvalue weighted by Gasteiger charge is -2.10. The third kappa shape index (κ3) is 3.67. The predicted octanol–water partition coefficient (Wildman–Crippen LogP) is 3.46. The summed E-state index contributed by atoms with van der Waals surface area (Å²) in [7, 11) is 0. The molecule has 1 rings (SSSR count). The van der Waals surface area contributed by atoms with Gasteiger partial charge in [0.15, 0.2) is 0 Å². The maximum Gasteiger partial charge on any atom is 0.251 e. The minimum Gasteiger partial charge on any atom is -0.348 e. The Hall–Kier alpha value is -0.250. The molecule has 0 aliphatic carbocycles. The SMILES string of the molecule is CC(CCl)NC(=O)c1ccc(Cl)c(Br)c1. The third-order valence-corrected chi connectivity index (χ3v) is 3.47. The van der Waals surface area contributed by atoms with Crippen LogP contribution in [0.4, 0.5) is 0 Å². The molecule has 1 atom stereocenters. The monoisotopic (exact) mass is 309 g/mol. The largest absolute Gasteiger partial charge is 0.348 e. The number of benzene rings is 1. The summed E-state index contributed by atoms with van der Waals surface area (Å²) >= 11 is 14.7. The predicted molar refractivity (Wildman–Crippen MR) is 66.8 cm³/mol. The van der Waals surface area contributed by atoms with Crippen molar-refractivity contribution in [3.05, 3.63) is 33.3 Å². The molecule has 0 saturated heterocycles. The summed E-state index contributed by atoms with van der Waals surface area (Å²) in [6.07, 6.45) is 0. The van der Waals surface area contributed by atoms with Gasteiger partial charge in [-0.3, -0.25) is 4.79 Å². The van der Waals surface area contributed by atoms with E-state index in [2.05, 4.69) is 21.2 Å². The second-order valence-electron chi connectivity index (χ2n) is 3.16. The molecular formula is C10H10BrCl2NO. The van der Waals surface area contributed by atoms with Gasteiger partial charge in [0.25, 0.3) is 5.91 Å². The van der Waals surface area contributed by atoms with Crippen LogP contribution in [0.5, 0.6) is 0 Å². The summed E-state index contributed by atoms with van der Waals surface area (Å²) in [6.45, 7) is 1.84. The van der Waals surface area contributed by atoms with E-state index in [9.17, 15) is 4.79 Å². The Morgan fingerprint density at radius 2 is 2.27 bits per heavy atom. The van der Waals surface area contributed by atoms with Crippen LogP contribution in [-0.4, -0.2) is 17.8 Å². The molecule has 0 aromatic heterocycles. The Morgan fingerprint density at radius 3 is 2.80 bits per heavy atom. The molecule has 1 N–H and O–H groups in total. The van der Waals surface area contributed by atoms with Crippen LogP contribution in [0.2, 0.25) is 5.02 Å². The summed E-state index contributed by atoms with van der Waals surface area (Å²) < 4.78 is 0.704. The summed E-state index contributed by atoms with van der Waals surface area (Å²) in [5, 5.41) is 3.34. The van der Waals surface area contributed by atoms with Crippen molar-refractivity contribution in [3.63, 3.8) is 0 Å². The topological polar surface area (TPSA) is 29.1 Å². The highest BCUT2D eigenvalue weighted by Gasteiger charge is 2.10. The van der Waals surface area contributed by atoms with Crippen LogP contribution >= 0.6 is 39.1 Å². The fourth-order valence-corrected chi connectivity index (χ4v) is 1.56. The number of hydrogen-bond acceptors (Lipinski definition) is 1. The van der Waals surface area contributed by atoms with Gasteiger partial charge in [-0.1, -0.05) is 11.6 Å². The molecule has 0 saturated carbocycles. The number of nitrogens with one attached hydrogen (secondary N) is 1. The van der Waals surface area contributed by atoms with Crippen molar-refractivity contribution in [1.29, 1.82) is 0 Å². The Morgan fingerprint density at radius 1 is 1.60 bits per heavy atom. The highest BCUT2D eigenvalue weighted by molar-refractivity contribution is 9.10. The quantitative estimate of drug-likeness (QED) is 0.851. The van der Waals surface area contributed by atoms with Gasteiger partial charge in [-0.2, -0.15) is 0 Å². The second kappa shape index (κ2) is 5.73. The van der Waals surface area contributed by atoms with Gasteiger partial charge in [0, 0.05) is 22.0 Å². The fraction of sp³-hybridized carbons (Fsp3) is 0.300. The molecule has 0 radical (unpaired) electrons. The molecule has 1 unspecified atom stereocenters. The van der Waals surface area contributed by atoms with Crippen LogP contribution < -0.4 is 5.32 Å². The van der Waals surface area contributed by atoms with Crippen molar-refractivity contribution in [1.82, 2.24) is 5.32 Å². The Balaban J connectivity index is 2.78. The fourth-order valence-electron chi connectivity index (χ4n) is 0.983. The molecule has 1 aromatic rings. The smallest absolute Gasteiger partial charge is 0.251 e. The number of alkyl halides is 1. The molecule has 0 aliphatic heterocycles. The summed E-state index contributed by atoms with van der Waals surface area (Å²) in [6, 6.07) is 4.97. The van der Waals surface area contributed by atoms with E-state index in [0.717, 1.165) is 0 Å². The summed E-state index contributed by atoms with van der Waals surface area (Å²) in [5.41, 5.74) is 0.559. The molecule has 1 amide bonds. The Bertz CT molecular complexity index is 370. The van der Waals surface area contributed by atoms with Gasteiger partial charge in [-0.25, -0.2) is 0 Å². The van der Waals surface area contributed by atoms with Crippen molar-refractivity contribution in [3.8, 4) is 0 Å². The van der Waals surface area contributed by atoms with Crippen LogP contribution in [0, 0.1) is 0 Å². The lowest BCUT2D eigenvalue weighted by atomic mass is 10.2. The van der Waals surface area contributed by atoms with Crippen molar-refractivity contribution in [2.45, 2.75) is 13.0 Å². The zero-order valence-corrected chi connectivity index (χ0v) is 11.2. The van der Waals surface area contributed by atoms with Crippen molar-refractivity contribution in [2.24, 2.45) is 0 Å². The zero-order valence-electron chi connectivity index (χ0n) is 8.06.